The fourth-order valence-corrected chi connectivity index (χ4v) is 5.39. The van der Waals surface area contributed by atoms with E-state index in [1.807, 2.05) is 66.4 Å². The van der Waals surface area contributed by atoms with Crippen molar-refractivity contribution in [3.63, 3.8) is 0 Å². The highest BCUT2D eigenvalue weighted by Crippen LogP contribution is 2.32. The first-order chi connectivity index (χ1) is 16.0. The molecule has 0 radical (unpaired) electrons. The third-order valence-corrected chi connectivity index (χ3v) is 7.33. The van der Waals surface area contributed by atoms with Crippen molar-refractivity contribution in [3.8, 4) is 5.69 Å². The van der Waals surface area contributed by atoms with Crippen molar-refractivity contribution in [2.45, 2.75) is 26.3 Å². The predicted molar refractivity (Wildman–Crippen MR) is 131 cm³/mol. The van der Waals surface area contributed by atoms with E-state index in [0.717, 1.165) is 53.1 Å². The topological polar surface area (TPSA) is 67.2 Å². The summed E-state index contributed by atoms with van der Waals surface area (Å²) in [6.07, 6.45) is 2.15. The lowest BCUT2D eigenvalue weighted by Crippen LogP contribution is -2.27. The van der Waals surface area contributed by atoms with E-state index in [4.69, 9.17) is 11.6 Å². The lowest BCUT2D eigenvalue weighted by Gasteiger charge is -2.15. The molecule has 2 amide bonds. The van der Waals surface area contributed by atoms with Crippen molar-refractivity contribution in [2.75, 3.05) is 13.1 Å². The first-order valence-electron chi connectivity index (χ1n) is 10.9. The average molecular weight is 479 g/mol. The molecular weight excluding hydrogens is 456 g/mol. The van der Waals surface area contributed by atoms with E-state index in [-0.39, 0.29) is 11.8 Å². The molecule has 1 fully saturated rings. The van der Waals surface area contributed by atoms with Crippen molar-refractivity contribution >= 4 is 45.0 Å². The van der Waals surface area contributed by atoms with E-state index < -0.39 is 0 Å². The van der Waals surface area contributed by atoms with E-state index in [2.05, 4.69) is 10.4 Å². The van der Waals surface area contributed by atoms with Gasteiger partial charge in [-0.15, -0.1) is 11.3 Å². The van der Waals surface area contributed by atoms with Crippen LogP contribution in [0.4, 0.5) is 0 Å². The number of para-hydroxylation sites is 1. The maximum absolute atomic E-state index is 12.8. The quantitative estimate of drug-likeness (QED) is 0.428. The molecule has 1 N–H and O–H groups in total. The third-order valence-electron chi connectivity index (χ3n) is 5.90. The molecule has 1 aliphatic heterocycles. The third kappa shape index (κ3) is 4.26. The Labute approximate surface area is 200 Å². The number of thiophene rings is 1. The Morgan fingerprint density at radius 2 is 1.82 bits per heavy atom. The smallest absolute Gasteiger partial charge is 0.261 e. The van der Waals surface area contributed by atoms with Gasteiger partial charge < -0.3 is 10.2 Å². The van der Waals surface area contributed by atoms with Gasteiger partial charge in [-0.25, -0.2) is 4.68 Å². The molecule has 6 nitrogen and oxygen atoms in total. The molecule has 1 saturated heterocycles. The van der Waals surface area contributed by atoms with Gasteiger partial charge in [0.25, 0.3) is 11.8 Å². The standard InChI is InChI=1S/C25H23ClN4O2S/c1-16-19-14-22(33-25(19)30(28-16)21-7-3-2-6-20(21)26)23(31)27-15-17-8-10-18(11-9-17)24(32)29-12-4-5-13-29/h2-3,6-11,14H,4-5,12-13,15H2,1H3,(H,27,31). The van der Waals surface area contributed by atoms with Crippen LogP contribution >= 0.6 is 22.9 Å². The Balaban J connectivity index is 1.29. The van der Waals surface area contributed by atoms with E-state index in [1.165, 1.54) is 11.3 Å². The van der Waals surface area contributed by atoms with E-state index >= 15 is 0 Å². The number of nitrogens with one attached hydrogen (secondary N) is 1. The van der Waals surface area contributed by atoms with Gasteiger partial charge >= 0.3 is 0 Å². The highest BCUT2D eigenvalue weighted by Gasteiger charge is 2.20. The van der Waals surface area contributed by atoms with Crippen LogP contribution in [-0.2, 0) is 6.54 Å². The number of hydrogen-bond acceptors (Lipinski definition) is 4. The van der Waals surface area contributed by atoms with E-state index in [1.54, 1.807) is 4.68 Å². The molecule has 8 heteroatoms. The number of carbonyl (C=O) groups excluding carboxylic acids is 2. The number of hydrogen-bond donors (Lipinski definition) is 1. The number of rotatable bonds is 5. The summed E-state index contributed by atoms with van der Waals surface area (Å²) in [6.45, 7) is 3.98. The van der Waals surface area contributed by atoms with Gasteiger partial charge in [0, 0.05) is 30.6 Å². The molecular formula is C25H23ClN4O2S. The van der Waals surface area contributed by atoms with Crippen molar-refractivity contribution in [1.82, 2.24) is 20.0 Å². The molecule has 2 aromatic heterocycles. The molecule has 3 heterocycles. The van der Waals surface area contributed by atoms with Crippen LogP contribution in [0.1, 0.15) is 44.1 Å². The Hall–Kier alpha value is -3.16. The second-order valence-electron chi connectivity index (χ2n) is 8.16. The van der Waals surface area contributed by atoms with Gasteiger partial charge in [-0.2, -0.15) is 5.10 Å². The van der Waals surface area contributed by atoms with Gasteiger partial charge in [-0.1, -0.05) is 35.9 Å². The first-order valence-corrected chi connectivity index (χ1v) is 12.1. The Morgan fingerprint density at radius 1 is 1.09 bits per heavy atom. The minimum atomic E-state index is -0.140. The molecule has 4 aromatic rings. The zero-order valence-electron chi connectivity index (χ0n) is 18.2. The van der Waals surface area contributed by atoms with Crippen LogP contribution < -0.4 is 5.32 Å². The summed E-state index contributed by atoms with van der Waals surface area (Å²) in [6, 6.07) is 16.9. The van der Waals surface area contributed by atoms with E-state index in [0.29, 0.717) is 22.0 Å². The highest BCUT2D eigenvalue weighted by atomic mass is 35.5. The summed E-state index contributed by atoms with van der Waals surface area (Å²) in [7, 11) is 0. The van der Waals surface area contributed by atoms with Crippen LogP contribution in [0.5, 0.6) is 0 Å². The molecule has 168 valence electrons. The van der Waals surface area contributed by atoms with Crippen molar-refractivity contribution in [2.24, 2.45) is 0 Å². The maximum atomic E-state index is 12.8. The number of nitrogens with zero attached hydrogens (tertiary/aromatic N) is 3. The van der Waals surface area contributed by atoms with Crippen LogP contribution in [0.2, 0.25) is 5.02 Å². The SMILES string of the molecule is Cc1nn(-c2ccccc2Cl)c2sc(C(=O)NCc3ccc(C(=O)N4CCCC4)cc3)cc12. The summed E-state index contributed by atoms with van der Waals surface area (Å²) in [4.78, 5) is 28.7. The molecule has 2 aromatic carbocycles. The number of carbonyl (C=O) groups is 2. The Morgan fingerprint density at radius 3 is 2.55 bits per heavy atom. The summed E-state index contributed by atoms with van der Waals surface area (Å²) in [5, 5.41) is 9.13. The van der Waals surface area contributed by atoms with Gasteiger partial charge in [0.1, 0.15) is 4.83 Å². The summed E-state index contributed by atoms with van der Waals surface area (Å²) in [5.41, 5.74) is 3.27. The van der Waals surface area contributed by atoms with Gasteiger partial charge in [-0.3, -0.25) is 9.59 Å². The van der Waals surface area contributed by atoms with Crippen LogP contribution in [0.25, 0.3) is 15.9 Å². The van der Waals surface area contributed by atoms with Gasteiger partial charge in [0.2, 0.25) is 0 Å². The molecule has 0 spiro atoms. The number of halogens is 1. The summed E-state index contributed by atoms with van der Waals surface area (Å²) in [5.74, 6) is -0.0603. The van der Waals surface area contributed by atoms with Crippen molar-refractivity contribution in [3.05, 3.63) is 81.3 Å². The number of benzene rings is 2. The molecule has 5 rings (SSSR count). The molecule has 1 aliphatic rings. The monoisotopic (exact) mass is 478 g/mol. The molecule has 0 unspecified atom stereocenters. The second kappa shape index (κ2) is 9.00. The minimum Gasteiger partial charge on any atom is -0.347 e. The Bertz CT molecular complexity index is 1340. The van der Waals surface area contributed by atoms with Crippen LogP contribution in [0, 0.1) is 6.92 Å². The fourth-order valence-electron chi connectivity index (χ4n) is 4.08. The molecule has 0 saturated carbocycles. The summed E-state index contributed by atoms with van der Waals surface area (Å²) >= 11 is 7.76. The molecule has 0 bridgehead atoms. The van der Waals surface area contributed by atoms with Crippen LogP contribution in [-0.4, -0.2) is 39.6 Å². The number of amides is 2. The lowest BCUT2D eigenvalue weighted by molar-refractivity contribution is 0.0792. The van der Waals surface area contributed by atoms with Gasteiger partial charge in [-0.05, 0) is 55.7 Å². The maximum Gasteiger partial charge on any atom is 0.261 e. The first kappa shape index (κ1) is 21.7. The highest BCUT2D eigenvalue weighted by molar-refractivity contribution is 7.20. The zero-order chi connectivity index (χ0) is 22.9. The van der Waals surface area contributed by atoms with Crippen molar-refractivity contribution < 1.29 is 9.59 Å². The normalized spacial score (nSPS) is 13.6. The largest absolute Gasteiger partial charge is 0.347 e. The fraction of sp³-hybridized carbons (Fsp3) is 0.240. The zero-order valence-corrected chi connectivity index (χ0v) is 19.7. The number of fused-ring (bicyclic) bond motifs is 1. The lowest BCUT2D eigenvalue weighted by atomic mass is 10.1. The number of aryl methyl sites for hydroxylation is 1. The average Bonchev–Trinajstić information content (AvgIpc) is 3.57. The molecule has 0 atom stereocenters. The molecule has 33 heavy (non-hydrogen) atoms. The molecule has 0 aliphatic carbocycles. The van der Waals surface area contributed by atoms with Gasteiger partial charge in [0.15, 0.2) is 0 Å². The number of likely N-dealkylation sites (tertiary alicyclic amines) is 1. The Kier molecular flexibility index (Phi) is 5.91. The predicted octanol–water partition coefficient (Wildman–Crippen LogP) is 5.21. The minimum absolute atomic E-state index is 0.0799. The van der Waals surface area contributed by atoms with Crippen LogP contribution in [0.3, 0.4) is 0 Å². The number of aromatic nitrogens is 2. The van der Waals surface area contributed by atoms with E-state index in [9.17, 15) is 9.59 Å². The van der Waals surface area contributed by atoms with Crippen LogP contribution in [0.15, 0.2) is 54.6 Å². The summed E-state index contributed by atoms with van der Waals surface area (Å²) < 4.78 is 1.80. The second-order valence-corrected chi connectivity index (χ2v) is 9.59. The van der Waals surface area contributed by atoms with Gasteiger partial charge in [0.05, 0.1) is 21.3 Å². The van der Waals surface area contributed by atoms with Crippen molar-refractivity contribution in [1.29, 1.82) is 0 Å².